The molecule has 0 fully saturated rings. The van der Waals surface area contributed by atoms with Crippen LogP contribution in [0.2, 0.25) is 0 Å². The van der Waals surface area contributed by atoms with E-state index in [1.165, 1.54) is 38.9 Å². The van der Waals surface area contributed by atoms with Crippen LogP contribution in [0.1, 0.15) is 41.8 Å². The Kier molecular flexibility index (Phi) is 8.41. The zero-order chi connectivity index (χ0) is 22.9. The number of pyridine rings is 1. The third-order valence-electron chi connectivity index (χ3n) is 5.66. The molecule has 0 unspecified atom stereocenters. The zero-order valence-corrected chi connectivity index (χ0v) is 19.9. The SMILES string of the molecule is C=Cn1c2c(c3cc(C)ccc31)CN(Cc1ccccc1)CC2.CC.Cc1cccnc1. The van der Waals surface area contributed by atoms with Crippen LogP contribution >= 0.6 is 0 Å². The van der Waals surface area contributed by atoms with Gasteiger partial charge >= 0.3 is 0 Å². The molecule has 166 valence electrons. The quantitative estimate of drug-likeness (QED) is 0.351. The first-order chi connectivity index (χ1) is 15.7. The van der Waals surface area contributed by atoms with Crippen LogP contribution in [0, 0.1) is 13.8 Å². The summed E-state index contributed by atoms with van der Waals surface area (Å²) in [6, 6.07) is 21.4. The molecule has 0 bridgehead atoms. The molecule has 1 aliphatic rings. The third-order valence-corrected chi connectivity index (χ3v) is 5.66. The maximum atomic E-state index is 4.02. The fourth-order valence-corrected chi connectivity index (χ4v) is 4.20. The molecule has 0 saturated heterocycles. The smallest absolute Gasteiger partial charge is 0.0528 e. The molecule has 5 rings (SSSR count). The van der Waals surface area contributed by atoms with Gasteiger partial charge in [0.05, 0.1) is 5.52 Å². The molecule has 0 aliphatic carbocycles. The molecule has 3 heteroatoms. The van der Waals surface area contributed by atoms with Crippen LogP contribution in [0.25, 0.3) is 17.1 Å². The molecule has 0 saturated carbocycles. The number of fused-ring (bicyclic) bond motifs is 3. The number of hydrogen-bond acceptors (Lipinski definition) is 2. The average Bonchev–Trinajstić information content (AvgIpc) is 3.14. The van der Waals surface area contributed by atoms with Gasteiger partial charge in [0.1, 0.15) is 0 Å². The van der Waals surface area contributed by atoms with E-state index in [4.69, 9.17) is 0 Å². The van der Waals surface area contributed by atoms with Crippen LogP contribution in [0.4, 0.5) is 0 Å². The topological polar surface area (TPSA) is 21.1 Å². The molecule has 1 aliphatic heterocycles. The van der Waals surface area contributed by atoms with Crippen molar-refractivity contribution < 1.29 is 0 Å². The maximum Gasteiger partial charge on any atom is 0.0528 e. The number of rotatable bonds is 3. The summed E-state index contributed by atoms with van der Waals surface area (Å²) >= 11 is 0. The Morgan fingerprint density at radius 2 is 1.75 bits per heavy atom. The van der Waals surface area contributed by atoms with E-state index in [9.17, 15) is 0 Å². The Balaban J connectivity index is 0.000000272. The fourth-order valence-electron chi connectivity index (χ4n) is 4.20. The Bertz CT molecular complexity index is 1130. The molecule has 0 N–H and O–H groups in total. The predicted octanol–water partition coefficient (Wildman–Crippen LogP) is 7.02. The van der Waals surface area contributed by atoms with Gasteiger partial charge in [0, 0.05) is 55.7 Å². The number of aryl methyl sites for hydroxylation is 2. The highest BCUT2D eigenvalue weighted by Crippen LogP contribution is 2.32. The van der Waals surface area contributed by atoms with E-state index in [0.29, 0.717) is 0 Å². The summed E-state index contributed by atoms with van der Waals surface area (Å²) in [5.74, 6) is 0. The highest BCUT2D eigenvalue weighted by atomic mass is 15.1. The van der Waals surface area contributed by atoms with Crippen LogP contribution < -0.4 is 0 Å². The fraction of sp³-hybridized carbons (Fsp3) is 0.276. The first-order valence-corrected chi connectivity index (χ1v) is 11.5. The monoisotopic (exact) mass is 425 g/mol. The van der Waals surface area contributed by atoms with Gasteiger partial charge in [-0.05, 0) is 48.7 Å². The minimum absolute atomic E-state index is 1.02. The lowest BCUT2D eigenvalue weighted by Gasteiger charge is -2.27. The van der Waals surface area contributed by atoms with Gasteiger partial charge in [0.25, 0.3) is 0 Å². The lowest BCUT2D eigenvalue weighted by Crippen LogP contribution is -2.30. The van der Waals surface area contributed by atoms with Crippen molar-refractivity contribution in [2.45, 2.75) is 47.2 Å². The molecule has 0 radical (unpaired) electrons. The number of aromatic nitrogens is 2. The Labute approximate surface area is 193 Å². The molecule has 32 heavy (non-hydrogen) atoms. The van der Waals surface area contributed by atoms with Crippen molar-refractivity contribution in [2.75, 3.05) is 6.54 Å². The second-order valence-corrected chi connectivity index (χ2v) is 7.98. The molecule has 2 aromatic carbocycles. The second-order valence-electron chi connectivity index (χ2n) is 7.98. The minimum Gasteiger partial charge on any atom is -0.320 e. The molecule has 2 aromatic heterocycles. The predicted molar refractivity (Wildman–Crippen MR) is 138 cm³/mol. The normalized spacial score (nSPS) is 12.8. The molecule has 0 amide bonds. The van der Waals surface area contributed by atoms with Gasteiger partial charge in [-0.15, -0.1) is 0 Å². The first-order valence-electron chi connectivity index (χ1n) is 11.5. The van der Waals surface area contributed by atoms with Crippen molar-refractivity contribution in [1.82, 2.24) is 14.5 Å². The summed E-state index contributed by atoms with van der Waals surface area (Å²) in [6.45, 7) is 15.4. The van der Waals surface area contributed by atoms with Crippen LogP contribution in [-0.4, -0.2) is 21.0 Å². The van der Waals surface area contributed by atoms with Gasteiger partial charge in [0.2, 0.25) is 0 Å². The van der Waals surface area contributed by atoms with Gasteiger partial charge < -0.3 is 4.57 Å². The van der Waals surface area contributed by atoms with Gasteiger partial charge in [-0.1, -0.05) is 68.5 Å². The highest BCUT2D eigenvalue weighted by Gasteiger charge is 2.23. The molecule has 3 heterocycles. The summed E-state index contributed by atoms with van der Waals surface area (Å²) < 4.78 is 2.28. The second kappa shape index (κ2) is 11.4. The summed E-state index contributed by atoms with van der Waals surface area (Å²) in [5, 5.41) is 1.39. The van der Waals surface area contributed by atoms with Gasteiger partial charge in [-0.25, -0.2) is 0 Å². The molecule has 4 aromatic rings. The molecule has 0 spiro atoms. The maximum absolute atomic E-state index is 4.02. The van der Waals surface area contributed by atoms with Gasteiger partial charge in [0.15, 0.2) is 0 Å². The van der Waals surface area contributed by atoms with Crippen LogP contribution in [0.15, 0.2) is 79.6 Å². The zero-order valence-electron chi connectivity index (χ0n) is 19.9. The summed E-state index contributed by atoms with van der Waals surface area (Å²) in [6.07, 6.45) is 6.65. The van der Waals surface area contributed by atoms with Crippen molar-refractivity contribution >= 4 is 17.1 Å². The molecule has 0 atom stereocenters. The van der Waals surface area contributed by atoms with Crippen molar-refractivity contribution in [3.63, 3.8) is 0 Å². The number of nitrogens with zero attached hydrogens (tertiary/aromatic N) is 3. The van der Waals surface area contributed by atoms with E-state index in [-0.39, 0.29) is 0 Å². The van der Waals surface area contributed by atoms with Crippen LogP contribution in [-0.2, 0) is 19.5 Å². The van der Waals surface area contributed by atoms with E-state index >= 15 is 0 Å². The Morgan fingerprint density at radius 1 is 0.969 bits per heavy atom. The summed E-state index contributed by atoms with van der Waals surface area (Å²) in [7, 11) is 0. The third kappa shape index (κ3) is 5.54. The lowest BCUT2D eigenvalue weighted by molar-refractivity contribution is 0.245. The van der Waals surface area contributed by atoms with Gasteiger partial charge in [-0.2, -0.15) is 0 Å². The lowest BCUT2D eigenvalue weighted by atomic mass is 10.0. The van der Waals surface area contributed by atoms with Crippen LogP contribution in [0.3, 0.4) is 0 Å². The Hall–Kier alpha value is -3.17. The average molecular weight is 426 g/mol. The molecule has 3 nitrogen and oxygen atoms in total. The van der Waals surface area contributed by atoms with E-state index in [0.717, 1.165) is 26.1 Å². The van der Waals surface area contributed by atoms with E-state index < -0.39 is 0 Å². The Morgan fingerprint density at radius 3 is 2.38 bits per heavy atom. The summed E-state index contributed by atoms with van der Waals surface area (Å²) in [4.78, 5) is 6.43. The minimum atomic E-state index is 1.02. The van der Waals surface area contributed by atoms with Crippen molar-refractivity contribution in [3.05, 3.63) is 108 Å². The highest BCUT2D eigenvalue weighted by molar-refractivity contribution is 5.88. The van der Waals surface area contributed by atoms with Gasteiger partial charge in [-0.3, -0.25) is 9.88 Å². The van der Waals surface area contributed by atoms with Crippen molar-refractivity contribution in [3.8, 4) is 0 Å². The van der Waals surface area contributed by atoms with Crippen LogP contribution in [0.5, 0.6) is 0 Å². The largest absolute Gasteiger partial charge is 0.320 e. The summed E-state index contributed by atoms with van der Waals surface area (Å²) in [5.41, 5.74) is 8.12. The molecular formula is C29H35N3. The standard InChI is InChI=1S/C21H22N2.C6H7N.C2H6/c1-3-23-20-10-9-16(2)13-18(20)19-15-22(12-11-21(19)23)14-17-7-5-4-6-8-17;1-6-3-2-4-7-5-6;1-2/h3-10,13H,1,11-12,14-15H2,2H3;2-5H,1H3;1-2H3. The van der Waals surface area contributed by atoms with E-state index in [1.807, 2.05) is 45.3 Å². The number of benzene rings is 2. The van der Waals surface area contributed by atoms with Crippen molar-refractivity contribution in [1.29, 1.82) is 0 Å². The number of hydrogen-bond donors (Lipinski definition) is 0. The molecular weight excluding hydrogens is 390 g/mol. The van der Waals surface area contributed by atoms with E-state index in [2.05, 4.69) is 76.5 Å². The van der Waals surface area contributed by atoms with E-state index in [1.54, 1.807) is 6.20 Å². The van der Waals surface area contributed by atoms with Crippen molar-refractivity contribution in [2.24, 2.45) is 0 Å². The first kappa shape index (κ1) is 23.5.